The van der Waals surface area contributed by atoms with Crippen LogP contribution < -0.4 is 5.69 Å². The number of aromatic amines is 1. The van der Waals surface area contributed by atoms with Gasteiger partial charge in [-0.2, -0.15) is 10.1 Å². The highest BCUT2D eigenvalue weighted by Crippen LogP contribution is 1.95. The molecule has 2 aromatic rings. The van der Waals surface area contributed by atoms with Crippen LogP contribution in [0.2, 0.25) is 0 Å². The lowest BCUT2D eigenvalue weighted by molar-refractivity contribution is 0.829. The van der Waals surface area contributed by atoms with Crippen molar-refractivity contribution in [3.63, 3.8) is 0 Å². The minimum Gasteiger partial charge on any atom is -0.313 e. The third kappa shape index (κ3) is 1.12. The SMILES string of the molecule is O=c1nc(-n2cccn2)cc[nH]1. The zero-order chi connectivity index (χ0) is 8.39. The number of hydrogen-bond donors (Lipinski definition) is 1. The van der Waals surface area contributed by atoms with Crippen LogP contribution in [-0.4, -0.2) is 19.7 Å². The summed E-state index contributed by atoms with van der Waals surface area (Å²) in [5.41, 5.74) is -0.372. The number of H-pyrrole nitrogens is 1. The number of rotatable bonds is 1. The van der Waals surface area contributed by atoms with Crippen LogP contribution in [0.5, 0.6) is 0 Å². The predicted molar refractivity (Wildman–Crippen MR) is 42.0 cm³/mol. The molecule has 5 heteroatoms. The normalized spacial score (nSPS) is 10.0. The minimum atomic E-state index is -0.372. The molecule has 0 aliphatic carbocycles. The van der Waals surface area contributed by atoms with E-state index in [1.807, 2.05) is 0 Å². The summed E-state index contributed by atoms with van der Waals surface area (Å²) in [6, 6.07) is 3.44. The molecule has 0 fully saturated rings. The van der Waals surface area contributed by atoms with Gasteiger partial charge in [-0.1, -0.05) is 0 Å². The second-order valence-corrected chi connectivity index (χ2v) is 2.20. The summed E-state index contributed by atoms with van der Waals surface area (Å²) in [4.78, 5) is 16.9. The van der Waals surface area contributed by atoms with E-state index in [-0.39, 0.29) is 5.69 Å². The second kappa shape index (κ2) is 2.61. The van der Waals surface area contributed by atoms with Crippen molar-refractivity contribution in [2.24, 2.45) is 0 Å². The molecule has 1 N–H and O–H groups in total. The van der Waals surface area contributed by atoms with Crippen molar-refractivity contribution < 1.29 is 0 Å². The van der Waals surface area contributed by atoms with E-state index in [0.717, 1.165) is 0 Å². The summed E-state index contributed by atoms with van der Waals surface area (Å²) in [6.07, 6.45) is 4.89. The molecule has 5 nitrogen and oxygen atoms in total. The van der Waals surface area contributed by atoms with Crippen LogP contribution in [-0.2, 0) is 0 Å². The Hall–Kier alpha value is -1.91. The van der Waals surface area contributed by atoms with Crippen molar-refractivity contribution in [1.82, 2.24) is 19.7 Å². The fourth-order valence-corrected chi connectivity index (χ4v) is 0.893. The lowest BCUT2D eigenvalue weighted by atomic mass is 10.6. The topological polar surface area (TPSA) is 63.6 Å². The summed E-state index contributed by atoms with van der Waals surface area (Å²) >= 11 is 0. The first kappa shape index (κ1) is 6.78. The van der Waals surface area contributed by atoms with Crippen LogP contribution in [0.15, 0.2) is 35.5 Å². The van der Waals surface area contributed by atoms with E-state index in [2.05, 4.69) is 15.1 Å². The molecule has 0 spiro atoms. The second-order valence-electron chi connectivity index (χ2n) is 2.20. The van der Waals surface area contributed by atoms with Crippen LogP contribution in [0.1, 0.15) is 0 Å². The van der Waals surface area contributed by atoms with E-state index in [4.69, 9.17) is 0 Å². The van der Waals surface area contributed by atoms with Gasteiger partial charge in [0, 0.05) is 18.6 Å². The summed E-state index contributed by atoms with van der Waals surface area (Å²) in [7, 11) is 0. The molecule has 2 heterocycles. The summed E-state index contributed by atoms with van der Waals surface area (Å²) in [6.45, 7) is 0. The fraction of sp³-hybridized carbons (Fsp3) is 0. The highest BCUT2D eigenvalue weighted by Gasteiger charge is 1.95. The van der Waals surface area contributed by atoms with Crippen molar-refractivity contribution >= 4 is 0 Å². The standard InChI is InChI=1S/C7H6N4O/c12-7-8-4-2-6(10-7)11-5-1-3-9-11/h1-5H,(H,8,10,12). The van der Waals surface area contributed by atoms with Crippen molar-refractivity contribution in [3.05, 3.63) is 41.2 Å². The minimum absolute atomic E-state index is 0.372. The zero-order valence-electron chi connectivity index (χ0n) is 6.14. The Morgan fingerprint density at radius 2 is 2.42 bits per heavy atom. The van der Waals surface area contributed by atoms with Gasteiger partial charge in [0.15, 0.2) is 5.82 Å². The molecule has 0 aromatic carbocycles. The molecule has 12 heavy (non-hydrogen) atoms. The molecule has 0 unspecified atom stereocenters. The van der Waals surface area contributed by atoms with E-state index < -0.39 is 0 Å². The van der Waals surface area contributed by atoms with Gasteiger partial charge in [0.2, 0.25) is 0 Å². The number of nitrogens with one attached hydrogen (secondary N) is 1. The van der Waals surface area contributed by atoms with Crippen LogP contribution in [0.25, 0.3) is 5.82 Å². The summed E-state index contributed by atoms with van der Waals surface area (Å²) in [5, 5.41) is 3.93. The molecule has 0 aliphatic heterocycles. The molecule has 0 saturated heterocycles. The lowest BCUT2D eigenvalue weighted by Gasteiger charge is -1.95. The number of nitrogens with zero attached hydrogens (tertiary/aromatic N) is 3. The summed E-state index contributed by atoms with van der Waals surface area (Å²) in [5.74, 6) is 0.517. The average Bonchev–Trinajstić information content (AvgIpc) is 2.56. The lowest BCUT2D eigenvalue weighted by Crippen LogP contribution is -2.12. The third-order valence-electron chi connectivity index (χ3n) is 1.39. The molecule has 2 rings (SSSR count). The largest absolute Gasteiger partial charge is 0.346 e. The fourth-order valence-electron chi connectivity index (χ4n) is 0.893. The predicted octanol–water partition coefficient (Wildman–Crippen LogP) is -0.0444. The van der Waals surface area contributed by atoms with E-state index in [9.17, 15) is 4.79 Å². The Balaban J connectivity index is 2.55. The first-order valence-electron chi connectivity index (χ1n) is 3.42. The molecule has 0 atom stereocenters. The Labute approximate surface area is 67.7 Å². The maximum Gasteiger partial charge on any atom is 0.346 e. The van der Waals surface area contributed by atoms with E-state index in [1.165, 1.54) is 10.9 Å². The Kier molecular flexibility index (Phi) is 1.48. The van der Waals surface area contributed by atoms with E-state index in [0.29, 0.717) is 5.82 Å². The van der Waals surface area contributed by atoms with Gasteiger partial charge in [0.25, 0.3) is 0 Å². The van der Waals surface area contributed by atoms with Gasteiger partial charge in [-0.05, 0) is 12.1 Å². The van der Waals surface area contributed by atoms with Gasteiger partial charge >= 0.3 is 5.69 Å². The van der Waals surface area contributed by atoms with Gasteiger partial charge in [-0.3, -0.25) is 0 Å². The van der Waals surface area contributed by atoms with Gasteiger partial charge < -0.3 is 4.98 Å². The molecule has 0 radical (unpaired) electrons. The van der Waals surface area contributed by atoms with Gasteiger partial charge in [-0.15, -0.1) is 0 Å². The highest BCUT2D eigenvalue weighted by molar-refractivity contribution is 5.16. The van der Waals surface area contributed by atoms with E-state index in [1.54, 1.807) is 24.5 Å². The third-order valence-corrected chi connectivity index (χ3v) is 1.39. The van der Waals surface area contributed by atoms with Crippen molar-refractivity contribution in [2.45, 2.75) is 0 Å². The maximum absolute atomic E-state index is 10.8. The van der Waals surface area contributed by atoms with E-state index >= 15 is 0 Å². The summed E-state index contributed by atoms with van der Waals surface area (Å²) < 4.78 is 1.52. The van der Waals surface area contributed by atoms with Crippen molar-refractivity contribution in [3.8, 4) is 5.82 Å². The number of aromatic nitrogens is 4. The molecule has 60 valence electrons. The highest BCUT2D eigenvalue weighted by atomic mass is 16.1. The van der Waals surface area contributed by atoms with Crippen molar-refractivity contribution in [1.29, 1.82) is 0 Å². The molecule has 0 amide bonds. The Morgan fingerprint density at radius 1 is 1.50 bits per heavy atom. The molecule has 0 saturated carbocycles. The van der Waals surface area contributed by atoms with Gasteiger partial charge in [-0.25, -0.2) is 9.48 Å². The van der Waals surface area contributed by atoms with Crippen molar-refractivity contribution in [2.75, 3.05) is 0 Å². The van der Waals surface area contributed by atoms with Crippen LogP contribution in [0.4, 0.5) is 0 Å². The maximum atomic E-state index is 10.8. The Morgan fingerprint density at radius 3 is 3.08 bits per heavy atom. The first-order valence-corrected chi connectivity index (χ1v) is 3.42. The Bertz CT molecular complexity index is 417. The average molecular weight is 162 g/mol. The number of hydrogen-bond acceptors (Lipinski definition) is 3. The molecule has 2 aromatic heterocycles. The van der Waals surface area contributed by atoms with Crippen LogP contribution in [0.3, 0.4) is 0 Å². The molecular formula is C7H6N4O. The molecule has 0 bridgehead atoms. The first-order chi connectivity index (χ1) is 5.86. The van der Waals surface area contributed by atoms with Crippen LogP contribution >= 0.6 is 0 Å². The van der Waals surface area contributed by atoms with Gasteiger partial charge in [0.05, 0.1) is 0 Å². The molecular weight excluding hydrogens is 156 g/mol. The van der Waals surface area contributed by atoms with Gasteiger partial charge in [0.1, 0.15) is 0 Å². The quantitative estimate of drug-likeness (QED) is 0.639. The monoisotopic (exact) mass is 162 g/mol. The zero-order valence-corrected chi connectivity index (χ0v) is 6.14. The molecule has 0 aliphatic rings. The van der Waals surface area contributed by atoms with Crippen LogP contribution in [0, 0.1) is 0 Å². The smallest absolute Gasteiger partial charge is 0.313 e.